The molecule has 28 heavy (non-hydrogen) atoms. The van der Waals surface area contributed by atoms with Gasteiger partial charge in [-0.05, 0) is 31.4 Å². The number of hydrogen-bond donors (Lipinski definition) is 1. The van der Waals surface area contributed by atoms with Crippen LogP contribution in [0.1, 0.15) is 37.4 Å². The largest absolute Gasteiger partial charge is 0.385 e. The van der Waals surface area contributed by atoms with Crippen molar-refractivity contribution in [2.24, 2.45) is 13.0 Å². The first-order chi connectivity index (χ1) is 13.7. The molecule has 146 valence electrons. The van der Waals surface area contributed by atoms with Crippen LogP contribution < -0.4 is 4.90 Å². The van der Waals surface area contributed by atoms with Gasteiger partial charge >= 0.3 is 0 Å². The molecule has 0 aliphatic carbocycles. The van der Waals surface area contributed by atoms with E-state index in [0.29, 0.717) is 5.82 Å². The van der Waals surface area contributed by atoms with Crippen LogP contribution in [0.3, 0.4) is 0 Å². The van der Waals surface area contributed by atoms with Gasteiger partial charge in [0, 0.05) is 56.4 Å². The highest BCUT2D eigenvalue weighted by atomic mass is 16.3. The number of piperidine rings is 1. The SMILES string of the molecule is CCc1cc(N2CCCC(C(O)c3nccn3C)C2)nc(-c2ccccn2)n1. The molecule has 1 fully saturated rings. The molecule has 0 bridgehead atoms. The smallest absolute Gasteiger partial charge is 0.180 e. The third-order valence-corrected chi connectivity index (χ3v) is 5.37. The van der Waals surface area contributed by atoms with Crippen LogP contribution in [0, 0.1) is 5.92 Å². The minimum Gasteiger partial charge on any atom is -0.385 e. The quantitative estimate of drug-likeness (QED) is 0.735. The van der Waals surface area contributed by atoms with E-state index in [0.717, 1.165) is 55.4 Å². The maximum atomic E-state index is 10.9. The number of aliphatic hydroxyl groups excluding tert-OH is 1. The van der Waals surface area contributed by atoms with Crippen molar-refractivity contribution in [3.63, 3.8) is 0 Å². The van der Waals surface area contributed by atoms with Gasteiger partial charge in [-0.1, -0.05) is 13.0 Å². The van der Waals surface area contributed by atoms with E-state index in [1.807, 2.05) is 36.0 Å². The Bertz CT molecular complexity index is 926. The van der Waals surface area contributed by atoms with E-state index in [4.69, 9.17) is 4.98 Å². The zero-order valence-corrected chi connectivity index (χ0v) is 16.4. The Kier molecular flexibility index (Phi) is 5.34. The van der Waals surface area contributed by atoms with E-state index in [1.54, 1.807) is 12.4 Å². The molecule has 1 aliphatic rings. The lowest BCUT2D eigenvalue weighted by atomic mass is 9.92. The summed E-state index contributed by atoms with van der Waals surface area (Å²) in [6.45, 7) is 3.76. The summed E-state index contributed by atoms with van der Waals surface area (Å²) in [6.07, 6.45) is 7.61. The molecule has 4 rings (SSSR count). The van der Waals surface area contributed by atoms with Gasteiger partial charge < -0.3 is 14.6 Å². The first-order valence-electron chi connectivity index (χ1n) is 9.85. The molecule has 7 nitrogen and oxygen atoms in total. The average Bonchev–Trinajstić information content (AvgIpc) is 3.19. The fourth-order valence-corrected chi connectivity index (χ4v) is 3.78. The Hall–Kier alpha value is -2.80. The zero-order chi connectivity index (χ0) is 19.5. The molecular formula is C21H26N6O. The number of hydrogen-bond acceptors (Lipinski definition) is 6. The van der Waals surface area contributed by atoms with Gasteiger partial charge in [-0.25, -0.2) is 15.0 Å². The summed E-state index contributed by atoms with van der Waals surface area (Å²) >= 11 is 0. The van der Waals surface area contributed by atoms with E-state index in [2.05, 4.69) is 32.8 Å². The van der Waals surface area contributed by atoms with Crippen molar-refractivity contribution in [1.29, 1.82) is 0 Å². The molecule has 0 amide bonds. The van der Waals surface area contributed by atoms with E-state index < -0.39 is 6.10 Å². The summed E-state index contributed by atoms with van der Waals surface area (Å²) < 4.78 is 1.89. The minimum atomic E-state index is -0.578. The lowest BCUT2D eigenvalue weighted by Crippen LogP contribution is -2.39. The summed E-state index contributed by atoms with van der Waals surface area (Å²) in [7, 11) is 1.92. The summed E-state index contributed by atoms with van der Waals surface area (Å²) in [4.78, 5) is 20.5. The standard InChI is InChI=1S/C21H26N6O/c1-3-16-13-18(25-20(24-16)17-8-4-5-9-22-17)27-11-6-7-15(14-27)19(28)21-23-10-12-26(21)2/h4-5,8-10,12-13,15,19,28H,3,6-7,11,14H2,1-2H3. The van der Waals surface area contributed by atoms with Crippen molar-refractivity contribution in [3.8, 4) is 11.5 Å². The van der Waals surface area contributed by atoms with Crippen molar-refractivity contribution in [3.05, 3.63) is 54.4 Å². The number of anilines is 1. The van der Waals surface area contributed by atoms with Crippen LogP contribution >= 0.6 is 0 Å². The highest BCUT2D eigenvalue weighted by Crippen LogP contribution is 2.31. The van der Waals surface area contributed by atoms with Crippen LogP contribution in [0.25, 0.3) is 11.5 Å². The first kappa shape index (κ1) is 18.6. The predicted octanol–water partition coefficient (Wildman–Crippen LogP) is 2.78. The maximum absolute atomic E-state index is 10.9. The van der Waals surface area contributed by atoms with Crippen molar-refractivity contribution in [2.45, 2.75) is 32.3 Å². The Morgan fingerprint density at radius 3 is 2.82 bits per heavy atom. The van der Waals surface area contributed by atoms with Crippen molar-refractivity contribution in [1.82, 2.24) is 24.5 Å². The zero-order valence-electron chi connectivity index (χ0n) is 16.4. The van der Waals surface area contributed by atoms with Crippen molar-refractivity contribution < 1.29 is 5.11 Å². The van der Waals surface area contributed by atoms with Gasteiger partial charge in [0.1, 0.15) is 23.4 Å². The van der Waals surface area contributed by atoms with Gasteiger partial charge in [0.25, 0.3) is 0 Å². The topological polar surface area (TPSA) is 80.0 Å². The number of aryl methyl sites for hydroxylation is 2. The highest BCUT2D eigenvalue weighted by molar-refractivity contribution is 5.54. The van der Waals surface area contributed by atoms with Crippen LogP contribution in [-0.4, -0.2) is 42.7 Å². The molecule has 0 radical (unpaired) electrons. The van der Waals surface area contributed by atoms with Gasteiger partial charge in [0.15, 0.2) is 5.82 Å². The molecule has 1 N–H and O–H groups in total. The highest BCUT2D eigenvalue weighted by Gasteiger charge is 2.30. The second kappa shape index (κ2) is 8.06. The van der Waals surface area contributed by atoms with E-state index in [9.17, 15) is 5.11 Å². The number of aromatic nitrogens is 5. The van der Waals surface area contributed by atoms with Crippen molar-refractivity contribution >= 4 is 5.82 Å². The predicted molar refractivity (Wildman–Crippen MR) is 108 cm³/mol. The lowest BCUT2D eigenvalue weighted by Gasteiger charge is -2.35. The number of aliphatic hydroxyl groups is 1. The molecule has 0 aromatic carbocycles. The van der Waals surface area contributed by atoms with Gasteiger partial charge in [-0.2, -0.15) is 0 Å². The Labute approximate surface area is 165 Å². The molecule has 3 aromatic heterocycles. The van der Waals surface area contributed by atoms with Crippen LogP contribution in [0.4, 0.5) is 5.82 Å². The van der Waals surface area contributed by atoms with Crippen LogP contribution in [0.2, 0.25) is 0 Å². The Balaban J connectivity index is 1.60. The Morgan fingerprint density at radius 1 is 1.21 bits per heavy atom. The molecule has 7 heteroatoms. The fourth-order valence-electron chi connectivity index (χ4n) is 3.78. The summed E-state index contributed by atoms with van der Waals surface area (Å²) in [5.41, 5.74) is 1.78. The first-order valence-corrected chi connectivity index (χ1v) is 9.85. The number of pyridine rings is 1. The minimum absolute atomic E-state index is 0.119. The van der Waals surface area contributed by atoms with Gasteiger partial charge in [-0.3, -0.25) is 4.98 Å². The van der Waals surface area contributed by atoms with Gasteiger partial charge in [0.2, 0.25) is 0 Å². The van der Waals surface area contributed by atoms with Crippen LogP contribution in [-0.2, 0) is 13.5 Å². The number of nitrogens with zero attached hydrogens (tertiary/aromatic N) is 6. The monoisotopic (exact) mass is 378 g/mol. The lowest BCUT2D eigenvalue weighted by molar-refractivity contribution is 0.0874. The summed E-state index contributed by atoms with van der Waals surface area (Å²) in [5, 5.41) is 10.9. The molecule has 2 atom stereocenters. The molecule has 0 spiro atoms. The molecule has 0 saturated carbocycles. The van der Waals surface area contributed by atoms with Crippen LogP contribution in [0.15, 0.2) is 42.9 Å². The number of rotatable bonds is 5. The second-order valence-electron chi connectivity index (χ2n) is 7.30. The second-order valence-corrected chi connectivity index (χ2v) is 7.30. The third-order valence-electron chi connectivity index (χ3n) is 5.37. The molecule has 4 heterocycles. The maximum Gasteiger partial charge on any atom is 0.180 e. The normalized spacial score (nSPS) is 18.2. The van der Waals surface area contributed by atoms with E-state index >= 15 is 0 Å². The summed E-state index contributed by atoms with van der Waals surface area (Å²) in [5.74, 6) is 2.40. The molecule has 3 aromatic rings. The molecular weight excluding hydrogens is 352 g/mol. The van der Waals surface area contributed by atoms with E-state index in [-0.39, 0.29) is 5.92 Å². The van der Waals surface area contributed by atoms with Gasteiger partial charge in [0.05, 0.1) is 0 Å². The Morgan fingerprint density at radius 2 is 2.11 bits per heavy atom. The van der Waals surface area contributed by atoms with Crippen molar-refractivity contribution in [2.75, 3.05) is 18.0 Å². The van der Waals surface area contributed by atoms with E-state index in [1.165, 1.54) is 0 Å². The molecule has 1 aliphatic heterocycles. The molecule has 1 saturated heterocycles. The molecule has 2 unspecified atom stereocenters. The van der Waals surface area contributed by atoms with Crippen LogP contribution in [0.5, 0.6) is 0 Å². The van der Waals surface area contributed by atoms with Gasteiger partial charge in [-0.15, -0.1) is 0 Å². The summed E-state index contributed by atoms with van der Waals surface area (Å²) in [6, 6.07) is 7.83. The fraction of sp³-hybridized carbons (Fsp3) is 0.429. The number of imidazole rings is 1. The third kappa shape index (κ3) is 3.75. The average molecular weight is 378 g/mol.